The standard InChI is InChI=1S/C22H32N4O2S/c1-4-22(5-2,19-9-7-6-8-10-19)17-26-21(24-3)25-16-15-18-11-13-20(14-12-18)29(23,27)28/h6-14H,4-5,15-17H2,1-3H3,(H2,23,27,28)(H2,24,25,26). The monoisotopic (exact) mass is 416 g/mol. The molecule has 0 saturated heterocycles. The zero-order valence-corrected chi connectivity index (χ0v) is 18.3. The molecule has 4 N–H and O–H groups in total. The van der Waals surface area contributed by atoms with Crippen molar-refractivity contribution in [3.05, 3.63) is 65.7 Å². The van der Waals surface area contributed by atoms with Gasteiger partial charge in [0.2, 0.25) is 10.0 Å². The molecule has 2 aromatic rings. The minimum Gasteiger partial charge on any atom is -0.356 e. The Kier molecular flexibility index (Phi) is 8.22. The van der Waals surface area contributed by atoms with E-state index in [1.165, 1.54) is 17.7 Å². The van der Waals surface area contributed by atoms with Gasteiger partial charge in [-0.15, -0.1) is 0 Å². The van der Waals surface area contributed by atoms with Gasteiger partial charge in [-0.2, -0.15) is 0 Å². The number of hydrogen-bond donors (Lipinski definition) is 3. The lowest BCUT2D eigenvalue weighted by Gasteiger charge is -2.33. The Morgan fingerprint density at radius 1 is 1.00 bits per heavy atom. The molecule has 6 nitrogen and oxygen atoms in total. The first-order valence-corrected chi connectivity index (χ1v) is 11.5. The third kappa shape index (κ3) is 6.30. The molecule has 0 heterocycles. The third-order valence-corrected chi connectivity index (χ3v) is 6.44. The number of nitrogens with two attached hydrogens (primary N) is 1. The predicted molar refractivity (Wildman–Crippen MR) is 120 cm³/mol. The quantitative estimate of drug-likeness (QED) is 0.433. The summed E-state index contributed by atoms with van der Waals surface area (Å²) in [5.74, 6) is 0.758. The number of sulfonamides is 1. The van der Waals surface area contributed by atoms with Crippen LogP contribution in [-0.4, -0.2) is 34.5 Å². The van der Waals surface area contributed by atoms with E-state index in [0.717, 1.165) is 37.3 Å². The molecule has 7 heteroatoms. The molecule has 0 unspecified atom stereocenters. The van der Waals surface area contributed by atoms with Crippen LogP contribution >= 0.6 is 0 Å². The molecule has 0 aromatic heterocycles. The minimum atomic E-state index is -3.65. The van der Waals surface area contributed by atoms with Crippen molar-refractivity contribution in [1.29, 1.82) is 0 Å². The molecule has 0 spiro atoms. The van der Waals surface area contributed by atoms with Gasteiger partial charge in [0.05, 0.1) is 4.90 Å². The van der Waals surface area contributed by atoms with Crippen LogP contribution in [-0.2, 0) is 21.9 Å². The number of primary sulfonamides is 1. The van der Waals surface area contributed by atoms with Gasteiger partial charge < -0.3 is 10.6 Å². The molecule has 2 rings (SSSR count). The summed E-state index contributed by atoms with van der Waals surface area (Å²) in [5, 5.41) is 11.9. The smallest absolute Gasteiger partial charge is 0.238 e. The number of hydrogen-bond acceptors (Lipinski definition) is 3. The van der Waals surface area contributed by atoms with Gasteiger partial charge in [0.1, 0.15) is 0 Å². The van der Waals surface area contributed by atoms with Crippen LogP contribution < -0.4 is 15.8 Å². The van der Waals surface area contributed by atoms with Crippen LogP contribution in [0, 0.1) is 0 Å². The van der Waals surface area contributed by atoms with Crippen LogP contribution in [0.3, 0.4) is 0 Å². The molecule has 0 saturated carbocycles. The highest BCUT2D eigenvalue weighted by Gasteiger charge is 2.28. The van der Waals surface area contributed by atoms with E-state index in [-0.39, 0.29) is 10.3 Å². The van der Waals surface area contributed by atoms with Crippen molar-refractivity contribution in [3.63, 3.8) is 0 Å². The molecule has 0 radical (unpaired) electrons. The molecule has 0 fully saturated rings. The first-order chi connectivity index (χ1) is 13.8. The van der Waals surface area contributed by atoms with E-state index in [1.807, 2.05) is 6.07 Å². The van der Waals surface area contributed by atoms with Crippen molar-refractivity contribution in [3.8, 4) is 0 Å². The second kappa shape index (κ2) is 10.4. The van der Waals surface area contributed by atoms with E-state index in [0.29, 0.717) is 6.54 Å². The average molecular weight is 417 g/mol. The van der Waals surface area contributed by atoms with Crippen LogP contribution in [0.1, 0.15) is 37.8 Å². The van der Waals surface area contributed by atoms with Gasteiger partial charge in [-0.25, -0.2) is 13.6 Å². The Morgan fingerprint density at radius 2 is 1.62 bits per heavy atom. The van der Waals surface area contributed by atoms with E-state index in [9.17, 15) is 8.42 Å². The highest BCUT2D eigenvalue weighted by Crippen LogP contribution is 2.30. The second-order valence-corrected chi connectivity index (χ2v) is 8.71. The van der Waals surface area contributed by atoms with Crippen molar-refractivity contribution < 1.29 is 8.42 Å². The van der Waals surface area contributed by atoms with Gasteiger partial charge in [-0.05, 0) is 42.5 Å². The van der Waals surface area contributed by atoms with Crippen molar-refractivity contribution >= 4 is 16.0 Å². The molecule has 0 aliphatic carbocycles. The number of guanidine groups is 1. The third-order valence-electron chi connectivity index (χ3n) is 5.52. The maximum absolute atomic E-state index is 11.3. The molecule has 2 aromatic carbocycles. The maximum Gasteiger partial charge on any atom is 0.238 e. The Balaban J connectivity index is 1.92. The fourth-order valence-electron chi connectivity index (χ4n) is 3.45. The van der Waals surface area contributed by atoms with E-state index in [4.69, 9.17) is 5.14 Å². The van der Waals surface area contributed by atoms with E-state index >= 15 is 0 Å². The summed E-state index contributed by atoms with van der Waals surface area (Å²) in [6.07, 6.45) is 2.82. The first-order valence-electron chi connectivity index (χ1n) is 9.96. The Hall–Kier alpha value is -2.38. The molecule has 0 amide bonds. The Labute approximate surface area is 174 Å². The van der Waals surface area contributed by atoms with Gasteiger partial charge in [-0.1, -0.05) is 56.3 Å². The summed E-state index contributed by atoms with van der Waals surface area (Å²) >= 11 is 0. The largest absolute Gasteiger partial charge is 0.356 e. The van der Waals surface area contributed by atoms with Crippen LogP contribution in [0.25, 0.3) is 0 Å². The lowest BCUT2D eigenvalue weighted by atomic mass is 9.76. The first kappa shape index (κ1) is 22.9. The molecule has 0 atom stereocenters. The summed E-state index contributed by atoms with van der Waals surface area (Å²) in [5.41, 5.74) is 2.42. The van der Waals surface area contributed by atoms with Gasteiger partial charge in [-0.3, -0.25) is 4.99 Å². The molecule has 0 bridgehead atoms. The lowest BCUT2D eigenvalue weighted by molar-refractivity contribution is 0.389. The summed E-state index contributed by atoms with van der Waals surface area (Å²) in [4.78, 5) is 4.46. The summed E-state index contributed by atoms with van der Waals surface area (Å²) in [6.45, 7) is 5.93. The van der Waals surface area contributed by atoms with Crippen molar-refractivity contribution in [1.82, 2.24) is 10.6 Å². The number of nitrogens with one attached hydrogen (secondary N) is 2. The normalized spacial score (nSPS) is 12.6. The van der Waals surface area contributed by atoms with E-state index < -0.39 is 10.0 Å². The number of rotatable bonds is 9. The fraction of sp³-hybridized carbons (Fsp3) is 0.409. The molecule has 158 valence electrons. The molecular weight excluding hydrogens is 384 g/mol. The van der Waals surface area contributed by atoms with Crippen molar-refractivity contribution in [2.24, 2.45) is 10.1 Å². The maximum atomic E-state index is 11.3. The van der Waals surface area contributed by atoms with Crippen LogP contribution in [0.15, 0.2) is 64.5 Å². The Bertz CT molecular complexity index is 890. The summed E-state index contributed by atoms with van der Waals surface area (Å²) in [6, 6.07) is 17.2. The number of aliphatic imine (C=N–C) groups is 1. The zero-order chi connectivity index (χ0) is 21.3. The second-order valence-electron chi connectivity index (χ2n) is 7.14. The molecule has 0 aliphatic heterocycles. The minimum absolute atomic E-state index is 0.0580. The predicted octanol–water partition coefficient (Wildman–Crippen LogP) is 2.80. The van der Waals surface area contributed by atoms with Gasteiger partial charge in [0, 0.05) is 25.6 Å². The van der Waals surface area contributed by atoms with E-state index in [1.54, 1.807) is 19.2 Å². The zero-order valence-electron chi connectivity index (χ0n) is 17.5. The number of nitrogens with zero attached hydrogens (tertiary/aromatic N) is 1. The summed E-state index contributed by atoms with van der Waals surface area (Å²) < 4.78 is 22.7. The SMILES string of the molecule is CCC(CC)(CNC(=NC)NCCc1ccc(S(N)(=O)=O)cc1)c1ccccc1. The van der Waals surface area contributed by atoms with Crippen LogP contribution in [0.4, 0.5) is 0 Å². The van der Waals surface area contributed by atoms with Crippen LogP contribution in [0.5, 0.6) is 0 Å². The molecular formula is C22H32N4O2S. The lowest BCUT2D eigenvalue weighted by Crippen LogP contribution is -2.45. The highest BCUT2D eigenvalue weighted by atomic mass is 32.2. The number of benzene rings is 2. The fourth-order valence-corrected chi connectivity index (χ4v) is 3.96. The van der Waals surface area contributed by atoms with Gasteiger partial charge in [0.25, 0.3) is 0 Å². The molecule has 29 heavy (non-hydrogen) atoms. The van der Waals surface area contributed by atoms with Crippen LogP contribution in [0.2, 0.25) is 0 Å². The van der Waals surface area contributed by atoms with Gasteiger partial charge in [0.15, 0.2) is 5.96 Å². The van der Waals surface area contributed by atoms with Crippen molar-refractivity contribution in [2.45, 2.75) is 43.4 Å². The highest BCUT2D eigenvalue weighted by molar-refractivity contribution is 7.89. The molecule has 0 aliphatic rings. The van der Waals surface area contributed by atoms with Crippen molar-refractivity contribution in [2.75, 3.05) is 20.1 Å². The Morgan fingerprint density at radius 3 is 2.14 bits per heavy atom. The van der Waals surface area contributed by atoms with E-state index in [2.05, 4.69) is 53.7 Å². The van der Waals surface area contributed by atoms with Gasteiger partial charge >= 0.3 is 0 Å². The summed E-state index contributed by atoms with van der Waals surface area (Å²) in [7, 11) is -1.89. The topological polar surface area (TPSA) is 96.6 Å². The average Bonchev–Trinajstić information content (AvgIpc) is 2.74.